The van der Waals surface area contributed by atoms with Crippen molar-refractivity contribution < 1.29 is 5.11 Å². The number of aliphatic hydroxyl groups is 1. The van der Waals surface area contributed by atoms with Crippen molar-refractivity contribution in [2.75, 3.05) is 13.2 Å². The fraction of sp³-hybridized carbons (Fsp3) is 0.600. The van der Waals surface area contributed by atoms with Gasteiger partial charge < -0.3 is 10.4 Å². The van der Waals surface area contributed by atoms with Crippen LogP contribution < -0.4 is 5.32 Å². The molecule has 0 heterocycles. The van der Waals surface area contributed by atoms with E-state index in [1.54, 1.807) is 0 Å². The number of benzene rings is 1. The number of rotatable bonds is 7. The number of hydrogen-bond donors (Lipinski definition) is 2. The smallest absolute Gasteiger partial charge is 0.0431 e. The highest BCUT2D eigenvalue weighted by molar-refractivity contribution is 9.10. The Labute approximate surface area is 119 Å². The average Bonchev–Trinajstić information content (AvgIpc) is 2.31. The van der Waals surface area contributed by atoms with Crippen molar-refractivity contribution in [3.05, 3.63) is 33.8 Å². The second-order valence-electron chi connectivity index (χ2n) is 5.68. The number of aliphatic hydroxyl groups excluding tert-OH is 1. The largest absolute Gasteiger partial charge is 0.396 e. The minimum Gasteiger partial charge on any atom is -0.396 e. The number of hydrogen-bond acceptors (Lipinski definition) is 2. The zero-order chi connectivity index (χ0) is 13.6. The van der Waals surface area contributed by atoms with Crippen molar-refractivity contribution >= 4 is 15.9 Å². The lowest BCUT2D eigenvalue weighted by Crippen LogP contribution is -2.29. The fourth-order valence-corrected chi connectivity index (χ4v) is 2.25. The van der Waals surface area contributed by atoms with Crippen molar-refractivity contribution in [3.63, 3.8) is 0 Å². The molecule has 0 amide bonds. The number of aryl methyl sites for hydroxylation is 1. The van der Waals surface area contributed by atoms with Crippen LogP contribution in [0.25, 0.3) is 0 Å². The van der Waals surface area contributed by atoms with E-state index >= 15 is 0 Å². The summed E-state index contributed by atoms with van der Waals surface area (Å²) in [5, 5.41) is 12.4. The van der Waals surface area contributed by atoms with Gasteiger partial charge in [-0.1, -0.05) is 41.9 Å². The molecule has 0 saturated carbocycles. The Morgan fingerprint density at radius 2 is 2.06 bits per heavy atom. The van der Waals surface area contributed by atoms with Crippen LogP contribution in [0, 0.1) is 12.3 Å². The Morgan fingerprint density at radius 3 is 2.67 bits per heavy atom. The highest BCUT2D eigenvalue weighted by atomic mass is 79.9. The highest BCUT2D eigenvalue weighted by Gasteiger charge is 2.16. The van der Waals surface area contributed by atoms with Crippen LogP contribution in [0.15, 0.2) is 22.7 Å². The molecule has 3 heteroatoms. The SMILES string of the molecule is Cc1cc(CNCC(C)(C)CCCO)ccc1Br. The summed E-state index contributed by atoms with van der Waals surface area (Å²) in [7, 11) is 0. The van der Waals surface area contributed by atoms with Crippen molar-refractivity contribution in [3.8, 4) is 0 Å². The summed E-state index contributed by atoms with van der Waals surface area (Å²) in [4.78, 5) is 0. The van der Waals surface area contributed by atoms with Gasteiger partial charge in [-0.3, -0.25) is 0 Å². The molecule has 0 unspecified atom stereocenters. The summed E-state index contributed by atoms with van der Waals surface area (Å²) in [6.45, 7) is 8.75. The third kappa shape index (κ3) is 5.51. The maximum Gasteiger partial charge on any atom is 0.0431 e. The van der Waals surface area contributed by atoms with Crippen molar-refractivity contribution in [2.24, 2.45) is 5.41 Å². The first kappa shape index (κ1) is 15.7. The van der Waals surface area contributed by atoms with Crippen LogP contribution in [0.3, 0.4) is 0 Å². The van der Waals surface area contributed by atoms with Crippen molar-refractivity contribution in [1.82, 2.24) is 5.32 Å². The first-order chi connectivity index (χ1) is 8.44. The molecule has 2 nitrogen and oxygen atoms in total. The van der Waals surface area contributed by atoms with E-state index in [1.165, 1.54) is 11.1 Å². The van der Waals surface area contributed by atoms with Crippen LogP contribution in [0.2, 0.25) is 0 Å². The molecule has 0 spiro atoms. The Balaban J connectivity index is 2.39. The van der Waals surface area contributed by atoms with Gasteiger partial charge in [0.05, 0.1) is 0 Å². The minimum absolute atomic E-state index is 0.243. The van der Waals surface area contributed by atoms with Gasteiger partial charge in [-0.15, -0.1) is 0 Å². The van der Waals surface area contributed by atoms with Gasteiger partial charge in [0.2, 0.25) is 0 Å². The summed E-state index contributed by atoms with van der Waals surface area (Å²) in [5.41, 5.74) is 2.83. The van der Waals surface area contributed by atoms with Gasteiger partial charge in [-0.2, -0.15) is 0 Å². The van der Waals surface area contributed by atoms with Crippen molar-refractivity contribution in [2.45, 2.75) is 40.2 Å². The second kappa shape index (κ2) is 7.27. The predicted molar refractivity (Wildman–Crippen MR) is 80.7 cm³/mol. The Bertz CT molecular complexity index is 377. The van der Waals surface area contributed by atoms with Gasteiger partial charge >= 0.3 is 0 Å². The molecule has 0 aliphatic heterocycles. The summed E-state index contributed by atoms with van der Waals surface area (Å²) in [6.07, 6.45) is 1.93. The van der Waals surface area contributed by atoms with Gasteiger partial charge in [-0.05, 0) is 42.4 Å². The van der Waals surface area contributed by atoms with E-state index in [0.717, 1.165) is 30.4 Å². The van der Waals surface area contributed by atoms with E-state index in [9.17, 15) is 0 Å². The van der Waals surface area contributed by atoms with Crippen LogP contribution in [-0.4, -0.2) is 18.3 Å². The molecular weight excluding hydrogens is 290 g/mol. The molecule has 0 aromatic heterocycles. The van der Waals surface area contributed by atoms with Gasteiger partial charge in [0.1, 0.15) is 0 Å². The van der Waals surface area contributed by atoms with Crippen LogP contribution in [0.1, 0.15) is 37.8 Å². The normalized spacial score (nSPS) is 11.8. The monoisotopic (exact) mass is 313 g/mol. The van der Waals surface area contributed by atoms with E-state index in [2.05, 4.69) is 60.2 Å². The van der Waals surface area contributed by atoms with E-state index in [1.807, 2.05) is 0 Å². The molecule has 1 aromatic rings. The first-order valence-corrected chi connectivity index (χ1v) is 7.30. The first-order valence-electron chi connectivity index (χ1n) is 6.51. The van der Waals surface area contributed by atoms with Gasteiger partial charge in [-0.25, -0.2) is 0 Å². The van der Waals surface area contributed by atoms with E-state index < -0.39 is 0 Å². The topological polar surface area (TPSA) is 32.3 Å². The Kier molecular flexibility index (Phi) is 6.33. The Morgan fingerprint density at radius 1 is 1.33 bits per heavy atom. The molecule has 1 aromatic carbocycles. The molecule has 0 atom stereocenters. The van der Waals surface area contributed by atoms with Gasteiger partial charge in [0.25, 0.3) is 0 Å². The lowest BCUT2D eigenvalue weighted by Gasteiger charge is -2.24. The average molecular weight is 314 g/mol. The summed E-state index contributed by atoms with van der Waals surface area (Å²) in [5.74, 6) is 0. The zero-order valence-corrected chi connectivity index (χ0v) is 13.2. The Hall–Kier alpha value is -0.380. The van der Waals surface area contributed by atoms with E-state index in [-0.39, 0.29) is 12.0 Å². The molecule has 0 fully saturated rings. The molecular formula is C15H24BrNO. The van der Waals surface area contributed by atoms with E-state index in [4.69, 9.17) is 5.11 Å². The molecule has 102 valence electrons. The van der Waals surface area contributed by atoms with E-state index in [0.29, 0.717) is 0 Å². The van der Waals surface area contributed by atoms with Crippen molar-refractivity contribution in [1.29, 1.82) is 0 Å². The zero-order valence-electron chi connectivity index (χ0n) is 11.6. The lowest BCUT2D eigenvalue weighted by atomic mass is 9.88. The number of nitrogens with one attached hydrogen (secondary N) is 1. The maximum absolute atomic E-state index is 8.86. The highest BCUT2D eigenvalue weighted by Crippen LogP contribution is 2.21. The van der Waals surface area contributed by atoms with Crippen LogP contribution in [0.5, 0.6) is 0 Å². The molecule has 2 N–H and O–H groups in total. The van der Waals surface area contributed by atoms with Gasteiger partial charge in [0, 0.05) is 24.2 Å². The molecule has 0 aliphatic carbocycles. The molecule has 0 aliphatic rings. The third-order valence-electron chi connectivity index (χ3n) is 3.17. The molecule has 0 radical (unpaired) electrons. The molecule has 0 saturated heterocycles. The lowest BCUT2D eigenvalue weighted by molar-refractivity contribution is 0.236. The number of halogens is 1. The van der Waals surface area contributed by atoms with Crippen LogP contribution in [-0.2, 0) is 6.54 Å². The molecule has 0 bridgehead atoms. The third-order valence-corrected chi connectivity index (χ3v) is 4.06. The quantitative estimate of drug-likeness (QED) is 0.805. The molecule has 18 heavy (non-hydrogen) atoms. The van der Waals surface area contributed by atoms with Crippen LogP contribution in [0.4, 0.5) is 0 Å². The summed E-state index contributed by atoms with van der Waals surface area (Å²) < 4.78 is 1.16. The summed E-state index contributed by atoms with van der Waals surface area (Å²) in [6, 6.07) is 6.45. The minimum atomic E-state index is 0.243. The molecule has 1 rings (SSSR count). The predicted octanol–water partition coefficient (Wildman–Crippen LogP) is 3.65. The second-order valence-corrected chi connectivity index (χ2v) is 6.53. The summed E-state index contributed by atoms with van der Waals surface area (Å²) >= 11 is 3.51. The standard InChI is InChI=1S/C15H24BrNO/c1-12-9-13(5-6-14(12)16)10-17-11-15(2,3)7-4-8-18/h5-6,9,17-18H,4,7-8,10-11H2,1-3H3. The van der Waals surface area contributed by atoms with Gasteiger partial charge in [0.15, 0.2) is 0 Å². The maximum atomic E-state index is 8.86. The van der Waals surface area contributed by atoms with Crippen LogP contribution >= 0.6 is 15.9 Å². The fourth-order valence-electron chi connectivity index (χ4n) is 2.01.